The fourth-order valence-electron chi connectivity index (χ4n) is 1.49. The molecule has 0 aliphatic heterocycles. The molecule has 0 saturated carbocycles. The molecule has 0 fully saturated rings. The Kier molecular flexibility index (Phi) is 3.77. The van der Waals surface area contributed by atoms with Crippen molar-refractivity contribution < 1.29 is 4.74 Å². The Hall–Kier alpha value is -1.02. The van der Waals surface area contributed by atoms with E-state index in [2.05, 4.69) is 18.3 Å². The fraction of sp³-hybridized carbons (Fsp3) is 0.455. The number of nitrogens with one attached hydrogen (secondary N) is 1. The van der Waals surface area contributed by atoms with Crippen LogP contribution in [-0.2, 0) is 0 Å². The van der Waals surface area contributed by atoms with E-state index < -0.39 is 0 Å². The molecule has 0 heterocycles. The third-order valence-electron chi connectivity index (χ3n) is 2.18. The molecule has 1 aromatic carbocycles. The van der Waals surface area contributed by atoms with Gasteiger partial charge in [0.05, 0.1) is 7.11 Å². The number of methoxy groups -OCH3 is 1. The average molecular weight is 179 g/mol. The molecule has 1 N–H and O–H groups in total. The van der Waals surface area contributed by atoms with Crippen LogP contribution < -0.4 is 10.1 Å². The molecular formula is C11H17NO. The van der Waals surface area contributed by atoms with Crippen LogP contribution in [0.3, 0.4) is 0 Å². The topological polar surface area (TPSA) is 21.3 Å². The lowest BCUT2D eigenvalue weighted by Gasteiger charge is -2.14. The van der Waals surface area contributed by atoms with Crippen LogP contribution in [0.2, 0.25) is 0 Å². The van der Waals surface area contributed by atoms with Crippen molar-refractivity contribution in [3.8, 4) is 5.75 Å². The van der Waals surface area contributed by atoms with Crippen LogP contribution in [-0.4, -0.2) is 20.7 Å². The zero-order valence-corrected chi connectivity index (χ0v) is 8.50. The van der Waals surface area contributed by atoms with Gasteiger partial charge in [-0.05, 0) is 24.6 Å². The maximum absolute atomic E-state index is 5.29. The van der Waals surface area contributed by atoms with E-state index in [0.29, 0.717) is 5.92 Å². The Balaban J connectivity index is 2.85. The van der Waals surface area contributed by atoms with Crippen molar-refractivity contribution in [1.82, 2.24) is 5.32 Å². The van der Waals surface area contributed by atoms with Gasteiger partial charge in [0, 0.05) is 6.54 Å². The van der Waals surface area contributed by atoms with Crippen LogP contribution in [0.15, 0.2) is 24.3 Å². The minimum Gasteiger partial charge on any atom is -0.496 e. The van der Waals surface area contributed by atoms with Gasteiger partial charge in [0.15, 0.2) is 0 Å². The second-order valence-electron chi connectivity index (χ2n) is 3.20. The van der Waals surface area contributed by atoms with Gasteiger partial charge in [-0.15, -0.1) is 0 Å². The van der Waals surface area contributed by atoms with Crippen LogP contribution in [0.4, 0.5) is 0 Å². The number of rotatable bonds is 4. The Morgan fingerprint density at radius 3 is 2.69 bits per heavy atom. The number of benzene rings is 1. The lowest BCUT2D eigenvalue weighted by molar-refractivity contribution is 0.406. The predicted molar refractivity (Wildman–Crippen MR) is 55.3 cm³/mol. The van der Waals surface area contributed by atoms with Crippen LogP contribution in [0, 0.1) is 0 Å². The van der Waals surface area contributed by atoms with Crippen LogP contribution in [0.1, 0.15) is 18.4 Å². The SMILES string of the molecule is CNC[C@H](C)c1ccccc1OC. The normalized spacial score (nSPS) is 12.5. The van der Waals surface area contributed by atoms with Crippen LogP contribution in [0.5, 0.6) is 5.75 Å². The molecule has 0 unspecified atom stereocenters. The molecule has 72 valence electrons. The summed E-state index contributed by atoms with van der Waals surface area (Å²) < 4.78 is 5.29. The first-order valence-electron chi connectivity index (χ1n) is 4.57. The number of hydrogen-bond acceptors (Lipinski definition) is 2. The molecule has 0 amide bonds. The summed E-state index contributed by atoms with van der Waals surface area (Å²) in [6.45, 7) is 3.16. The van der Waals surface area contributed by atoms with Crippen molar-refractivity contribution in [3.63, 3.8) is 0 Å². The highest BCUT2D eigenvalue weighted by atomic mass is 16.5. The summed E-state index contributed by atoms with van der Waals surface area (Å²) in [7, 11) is 3.68. The number of hydrogen-bond donors (Lipinski definition) is 1. The first-order chi connectivity index (χ1) is 6.29. The Morgan fingerprint density at radius 1 is 1.38 bits per heavy atom. The Morgan fingerprint density at radius 2 is 2.08 bits per heavy atom. The Labute approximate surface area is 79.9 Å². The molecule has 0 aliphatic rings. The molecular weight excluding hydrogens is 162 g/mol. The van der Waals surface area contributed by atoms with E-state index in [1.165, 1.54) is 5.56 Å². The third-order valence-corrected chi connectivity index (χ3v) is 2.18. The van der Waals surface area contributed by atoms with Gasteiger partial charge >= 0.3 is 0 Å². The zero-order valence-electron chi connectivity index (χ0n) is 8.50. The van der Waals surface area contributed by atoms with Crippen molar-refractivity contribution in [3.05, 3.63) is 29.8 Å². The van der Waals surface area contributed by atoms with Crippen LogP contribution in [0.25, 0.3) is 0 Å². The van der Waals surface area contributed by atoms with Crippen molar-refractivity contribution >= 4 is 0 Å². The third kappa shape index (κ3) is 2.46. The van der Waals surface area contributed by atoms with E-state index in [0.717, 1.165) is 12.3 Å². The maximum atomic E-state index is 5.29. The lowest BCUT2D eigenvalue weighted by Crippen LogP contribution is -2.15. The molecule has 0 bridgehead atoms. The summed E-state index contributed by atoms with van der Waals surface area (Å²) in [6, 6.07) is 8.15. The minimum atomic E-state index is 0.487. The quantitative estimate of drug-likeness (QED) is 0.763. The maximum Gasteiger partial charge on any atom is 0.122 e. The van der Waals surface area contributed by atoms with Gasteiger partial charge < -0.3 is 10.1 Å². The first-order valence-corrected chi connectivity index (χ1v) is 4.57. The zero-order chi connectivity index (χ0) is 9.68. The van der Waals surface area contributed by atoms with Crippen molar-refractivity contribution in [1.29, 1.82) is 0 Å². The van der Waals surface area contributed by atoms with Crippen LogP contribution >= 0.6 is 0 Å². The predicted octanol–water partition coefficient (Wildman–Crippen LogP) is 2.02. The van der Waals surface area contributed by atoms with Crippen molar-refractivity contribution in [2.75, 3.05) is 20.7 Å². The van der Waals surface area contributed by atoms with Gasteiger partial charge in [0.2, 0.25) is 0 Å². The summed E-state index contributed by atoms with van der Waals surface area (Å²) in [5, 5.41) is 3.16. The highest BCUT2D eigenvalue weighted by molar-refractivity contribution is 5.35. The fourth-order valence-corrected chi connectivity index (χ4v) is 1.49. The molecule has 0 radical (unpaired) electrons. The highest BCUT2D eigenvalue weighted by Crippen LogP contribution is 2.25. The van der Waals surface area contributed by atoms with Gasteiger partial charge in [0.1, 0.15) is 5.75 Å². The monoisotopic (exact) mass is 179 g/mol. The highest BCUT2D eigenvalue weighted by Gasteiger charge is 2.08. The van der Waals surface area contributed by atoms with E-state index in [1.54, 1.807) is 7.11 Å². The summed E-state index contributed by atoms with van der Waals surface area (Å²) in [6.07, 6.45) is 0. The van der Waals surface area contributed by atoms with E-state index in [1.807, 2.05) is 25.2 Å². The minimum absolute atomic E-state index is 0.487. The largest absolute Gasteiger partial charge is 0.496 e. The molecule has 1 aromatic rings. The van der Waals surface area contributed by atoms with E-state index in [-0.39, 0.29) is 0 Å². The summed E-state index contributed by atoms with van der Waals surface area (Å²) in [5.74, 6) is 1.46. The smallest absolute Gasteiger partial charge is 0.122 e. The average Bonchev–Trinajstić information content (AvgIpc) is 2.18. The summed E-state index contributed by atoms with van der Waals surface area (Å²) in [5.41, 5.74) is 1.26. The Bertz CT molecular complexity index is 260. The molecule has 1 rings (SSSR count). The standard InChI is InChI=1S/C11H17NO/c1-9(8-12-2)10-6-4-5-7-11(10)13-3/h4-7,9,12H,8H2,1-3H3/t9-/m0/s1. The molecule has 0 aliphatic carbocycles. The first kappa shape index (κ1) is 10.1. The molecule has 0 saturated heterocycles. The van der Waals surface area contributed by atoms with Gasteiger partial charge in [-0.3, -0.25) is 0 Å². The van der Waals surface area contributed by atoms with Crippen molar-refractivity contribution in [2.24, 2.45) is 0 Å². The number of likely N-dealkylation sites (N-methyl/N-ethyl adjacent to an activating group) is 1. The lowest BCUT2D eigenvalue weighted by atomic mass is 10.0. The second kappa shape index (κ2) is 4.87. The molecule has 13 heavy (non-hydrogen) atoms. The van der Waals surface area contributed by atoms with E-state index >= 15 is 0 Å². The van der Waals surface area contributed by atoms with E-state index in [9.17, 15) is 0 Å². The molecule has 2 nitrogen and oxygen atoms in total. The number of ether oxygens (including phenoxy) is 1. The molecule has 0 aromatic heterocycles. The van der Waals surface area contributed by atoms with E-state index in [4.69, 9.17) is 4.74 Å². The summed E-state index contributed by atoms with van der Waals surface area (Å²) >= 11 is 0. The van der Waals surface area contributed by atoms with Gasteiger partial charge in [-0.25, -0.2) is 0 Å². The molecule has 2 heteroatoms. The second-order valence-corrected chi connectivity index (χ2v) is 3.20. The van der Waals surface area contributed by atoms with Crippen molar-refractivity contribution in [2.45, 2.75) is 12.8 Å². The molecule has 1 atom stereocenters. The molecule has 0 spiro atoms. The van der Waals surface area contributed by atoms with Gasteiger partial charge in [-0.1, -0.05) is 25.1 Å². The number of para-hydroxylation sites is 1. The van der Waals surface area contributed by atoms with Gasteiger partial charge in [-0.2, -0.15) is 0 Å². The van der Waals surface area contributed by atoms with Gasteiger partial charge in [0.25, 0.3) is 0 Å². The summed E-state index contributed by atoms with van der Waals surface area (Å²) in [4.78, 5) is 0.